The van der Waals surface area contributed by atoms with Crippen molar-refractivity contribution in [3.8, 4) is 0 Å². The third-order valence-corrected chi connectivity index (χ3v) is 3.05. The van der Waals surface area contributed by atoms with E-state index in [-0.39, 0.29) is 11.4 Å². The Hall–Kier alpha value is -0.610. The second-order valence-corrected chi connectivity index (χ2v) is 5.98. The van der Waals surface area contributed by atoms with Crippen LogP contribution in [0.3, 0.4) is 0 Å². The molecule has 2 N–H and O–H groups in total. The smallest absolute Gasteiger partial charge is 0.234 e. The van der Waals surface area contributed by atoms with Crippen LogP contribution in [0.5, 0.6) is 0 Å². The molecule has 0 aliphatic carbocycles. The van der Waals surface area contributed by atoms with Gasteiger partial charge in [0, 0.05) is 12.1 Å². The fourth-order valence-corrected chi connectivity index (χ4v) is 2.22. The number of rotatable bonds is 5. The van der Waals surface area contributed by atoms with Crippen LogP contribution >= 0.6 is 0 Å². The molecular formula is C13H27N3O. The normalized spacial score (nSPS) is 21.8. The molecule has 0 aromatic heterocycles. The van der Waals surface area contributed by atoms with Gasteiger partial charge in [-0.25, -0.2) is 0 Å². The van der Waals surface area contributed by atoms with Gasteiger partial charge in [0.2, 0.25) is 5.91 Å². The van der Waals surface area contributed by atoms with Gasteiger partial charge in [0.05, 0.1) is 6.54 Å². The summed E-state index contributed by atoms with van der Waals surface area (Å²) < 4.78 is 0. The molecule has 1 rings (SSSR count). The number of likely N-dealkylation sites (tertiary alicyclic amines) is 1. The van der Waals surface area contributed by atoms with Gasteiger partial charge in [-0.15, -0.1) is 0 Å². The Bertz CT molecular complexity index is 248. The summed E-state index contributed by atoms with van der Waals surface area (Å²) in [7, 11) is 0. The van der Waals surface area contributed by atoms with Gasteiger partial charge in [-0.3, -0.25) is 4.79 Å². The third-order valence-electron chi connectivity index (χ3n) is 3.05. The minimum atomic E-state index is -0.134. The van der Waals surface area contributed by atoms with Crippen molar-refractivity contribution in [2.45, 2.75) is 39.7 Å². The molecule has 100 valence electrons. The highest BCUT2D eigenvalue weighted by Crippen LogP contribution is 2.14. The maximum atomic E-state index is 11.6. The number of hydrogen-bond acceptors (Lipinski definition) is 3. The molecule has 1 aliphatic heterocycles. The third kappa shape index (κ3) is 6.03. The average Bonchev–Trinajstić information content (AvgIpc) is 2.63. The van der Waals surface area contributed by atoms with E-state index in [1.54, 1.807) is 0 Å². The Kier molecular flexibility index (Phi) is 5.40. The van der Waals surface area contributed by atoms with Crippen LogP contribution in [-0.2, 0) is 4.79 Å². The van der Waals surface area contributed by atoms with Gasteiger partial charge in [-0.05, 0) is 52.7 Å². The van der Waals surface area contributed by atoms with E-state index in [0.29, 0.717) is 12.5 Å². The molecule has 1 unspecified atom stereocenters. The summed E-state index contributed by atoms with van der Waals surface area (Å²) in [5, 5.41) is 6.21. The molecule has 1 fully saturated rings. The van der Waals surface area contributed by atoms with Crippen molar-refractivity contribution in [2.24, 2.45) is 5.92 Å². The van der Waals surface area contributed by atoms with Crippen molar-refractivity contribution < 1.29 is 4.79 Å². The highest BCUT2D eigenvalue weighted by molar-refractivity contribution is 5.78. The highest BCUT2D eigenvalue weighted by Gasteiger charge is 2.21. The standard InChI is InChI=1S/C13H27N3O/c1-5-16-7-6-11(10-16)8-14-9-12(17)15-13(2,3)4/h11,14H,5-10H2,1-4H3,(H,15,17). The molecule has 1 atom stereocenters. The molecular weight excluding hydrogens is 214 g/mol. The lowest BCUT2D eigenvalue weighted by atomic mass is 10.1. The van der Waals surface area contributed by atoms with Crippen LogP contribution in [0.4, 0.5) is 0 Å². The van der Waals surface area contributed by atoms with Crippen LogP contribution in [0.25, 0.3) is 0 Å². The number of hydrogen-bond donors (Lipinski definition) is 2. The number of amides is 1. The lowest BCUT2D eigenvalue weighted by Crippen LogP contribution is -2.45. The first-order valence-electron chi connectivity index (χ1n) is 6.65. The van der Waals surface area contributed by atoms with Crippen LogP contribution in [0.1, 0.15) is 34.1 Å². The zero-order valence-corrected chi connectivity index (χ0v) is 11.7. The van der Waals surface area contributed by atoms with Crippen LogP contribution in [0, 0.1) is 5.92 Å². The summed E-state index contributed by atoms with van der Waals surface area (Å²) in [5.74, 6) is 0.792. The van der Waals surface area contributed by atoms with Crippen molar-refractivity contribution in [3.05, 3.63) is 0 Å². The highest BCUT2D eigenvalue weighted by atomic mass is 16.2. The van der Waals surface area contributed by atoms with Crippen molar-refractivity contribution in [1.82, 2.24) is 15.5 Å². The Balaban J connectivity index is 2.10. The Morgan fingerprint density at radius 2 is 2.12 bits per heavy atom. The van der Waals surface area contributed by atoms with E-state index in [0.717, 1.165) is 13.1 Å². The molecule has 0 saturated carbocycles. The lowest BCUT2D eigenvalue weighted by molar-refractivity contribution is -0.121. The van der Waals surface area contributed by atoms with Crippen molar-refractivity contribution in [1.29, 1.82) is 0 Å². The number of nitrogens with one attached hydrogen (secondary N) is 2. The van der Waals surface area contributed by atoms with E-state index in [4.69, 9.17) is 0 Å². The maximum absolute atomic E-state index is 11.6. The molecule has 17 heavy (non-hydrogen) atoms. The van der Waals surface area contributed by atoms with Gasteiger partial charge >= 0.3 is 0 Å². The summed E-state index contributed by atoms with van der Waals surface area (Å²) in [5.41, 5.74) is -0.134. The first kappa shape index (κ1) is 14.5. The number of nitrogens with zero attached hydrogens (tertiary/aromatic N) is 1. The van der Waals surface area contributed by atoms with Crippen LogP contribution in [-0.4, -0.2) is 49.1 Å². The Morgan fingerprint density at radius 3 is 2.65 bits per heavy atom. The minimum absolute atomic E-state index is 0.0860. The topological polar surface area (TPSA) is 44.4 Å². The Labute approximate surface area is 105 Å². The van der Waals surface area contributed by atoms with E-state index in [1.165, 1.54) is 19.5 Å². The molecule has 1 heterocycles. The van der Waals surface area contributed by atoms with Gasteiger partial charge in [-0.1, -0.05) is 6.92 Å². The SMILES string of the molecule is CCN1CCC(CNCC(=O)NC(C)(C)C)C1. The summed E-state index contributed by atoms with van der Waals surface area (Å²) in [6.07, 6.45) is 1.25. The van der Waals surface area contributed by atoms with E-state index < -0.39 is 0 Å². The zero-order valence-electron chi connectivity index (χ0n) is 11.7. The molecule has 0 aromatic carbocycles. The van der Waals surface area contributed by atoms with Crippen LogP contribution in [0.2, 0.25) is 0 Å². The second kappa shape index (κ2) is 6.36. The van der Waals surface area contributed by atoms with Gasteiger partial charge in [0.15, 0.2) is 0 Å². The zero-order chi connectivity index (χ0) is 12.9. The maximum Gasteiger partial charge on any atom is 0.234 e. The predicted molar refractivity (Wildman–Crippen MR) is 71.0 cm³/mol. The fraction of sp³-hybridized carbons (Fsp3) is 0.923. The molecule has 0 aromatic rings. The van der Waals surface area contributed by atoms with Crippen molar-refractivity contribution in [2.75, 3.05) is 32.7 Å². The molecule has 0 spiro atoms. The molecule has 4 nitrogen and oxygen atoms in total. The fourth-order valence-electron chi connectivity index (χ4n) is 2.22. The molecule has 4 heteroatoms. The number of carbonyl (C=O) groups excluding carboxylic acids is 1. The van der Waals surface area contributed by atoms with E-state index >= 15 is 0 Å². The summed E-state index contributed by atoms with van der Waals surface area (Å²) in [6, 6.07) is 0. The second-order valence-electron chi connectivity index (χ2n) is 5.98. The first-order valence-corrected chi connectivity index (χ1v) is 6.65. The first-order chi connectivity index (χ1) is 7.90. The molecule has 1 amide bonds. The Morgan fingerprint density at radius 1 is 1.41 bits per heavy atom. The minimum Gasteiger partial charge on any atom is -0.350 e. The average molecular weight is 241 g/mol. The van der Waals surface area contributed by atoms with Crippen molar-refractivity contribution in [3.63, 3.8) is 0 Å². The summed E-state index contributed by atoms with van der Waals surface area (Å²) in [4.78, 5) is 14.0. The van der Waals surface area contributed by atoms with Gasteiger partial charge < -0.3 is 15.5 Å². The summed E-state index contributed by atoms with van der Waals surface area (Å²) >= 11 is 0. The van der Waals surface area contributed by atoms with Gasteiger partial charge in [0.25, 0.3) is 0 Å². The summed E-state index contributed by atoms with van der Waals surface area (Å²) in [6.45, 7) is 13.1. The van der Waals surface area contributed by atoms with Gasteiger partial charge in [0.1, 0.15) is 0 Å². The van der Waals surface area contributed by atoms with Crippen LogP contribution < -0.4 is 10.6 Å². The van der Waals surface area contributed by atoms with Crippen molar-refractivity contribution >= 4 is 5.91 Å². The van der Waals surface area contributed by atoms with E-state index in [9.17, 15) is 4.79 Å². The number of carbonyl (C=O) groups is 1. The van der Waals surface area contributed by atoms with Crippen LogP contribution in [0.15, 0.2) is 0 Å². The quantitative estimate of drug-likeness (QED) is 0.749. The molecule has 1 saturated heterocycles. The monoisotopic (exact) mass is 241 g/mol. The molecule has 0 radical (unpaired) electrons. The molecule has 1 aliphatic rings. The van der Waals surface area contributed by atoms with E-state index in [1.807, 2.05) is 20.8 Å². The lowest BCUT2D eigenvalue weighted by Gasteiger charge is -2.21. The molecule has 0 bridgehead atoms. The predicted octanol–water partition coefficient (Wildman–Crippen LogP) is 0.833. The van der Waals surface area contributed by atoms with E-state index in [2.05, 4.69) is 22.5 Å². The largest absolute Gasteiger partial charge is 0.350 e. The van der Waals surface area contributed by atoms with Gasteiger partial charge in [-0.2, -0.15) is 0 Å².